The number of nitrogens with two attached hydrogens (primary N) is 1. The van der Waals surface area contributed by atoms with Crippen LogP contribution >= 0.6 is 11.6 Å². The summed E-state index contributed by atoms with van der Waals surface area (Å²) in [5.41, 5.74) is 7.91. The van der Waals surface area contributed by atoms with Gasteiger partial charge in [-0.2, -0.15) is 9.90 Å². The molecule has 132 valence electrons. The molecule has 1 heterocycles. The van der Waals surface area contributed by atoms with E-state index in [1.807, 2.05) is 0 Å². The Morgan fingerprint density at radius 2 is 1.85 bits per heavy atom. The van der Waals surface area contributed by atoms with Gasteiger partial charge in [-0.3, -0.25) is 9.59 Å². The lowest BCUT2D eigenvalue weighted by atomic mass is 10.1. The summed E-state index contributed by atoms with van der Waals surface area (Å²) in [6.45, 7) is 3.42. The van der Waals surface area contributed by atoms with E-state index in [-0.39, 0.29) is 11.3 Å². The molecule has 1 aromatic heterocycles. The molecule has 3 rings (SSSR count). The fraction of sp³-hybridized carbons (Fsp3) is 0.111. The highest BCUT2D eigenvalue weighted by molar-refractivity contribution is 6.30. The van der Waals surface area contributed by atoms with Crippen LogP contribution in [0, 0.1) is 13.8 Å². The lowest BCUT2D eigenvalue weighted by Gasteiger charge is -2.10. The van der Waals surface area contributed by atoms with Gasteiger partial charge in [-0.05, 0) is 43.7 Å². The molecular weight excluding hydrogens is 354 g/mol. The Hall–Kier alpha value is -3.19. The van der Waals surface area contributed by atoms with Gasteiger partial charge in [0, 0.05) is 5.02 Å². The number of aryl methyl sites for hydroxylation is 2. The van der Waals surface area contributed by atoms with Crippen molar-refractivity contribution >= 4 is 29.1 Å². The topological polar surface area (TPSA) is 103 Å². The number of rotatable bonds is 4. The summed E-state index contributed by atoms with van der Waals surface area (Å²) in [6.07, 6.45) is 0. The Labute approximate surface area is 154 Å². The van der Waals surface area contributed by atoms with E-state index in [1.165, 1.54) is 4.80 Å². The molecule has 7 nitrogen and oxygen atoms in total. The highest BCUT2D eigenvalue weighted by atomic mass is 35.5. The minimum atomic E-state index is -0.613. The zero-order valence-corrected chi connectivity index (χ0v) is 14.9. The van der Waals surface area contributed by atoms with E-state index >= 15 is 0 Å². The van der Waals surface area contributed by atoms with Gasteiger partial charge in [0.1, 0.15) is 0 Å². The van der Waals surface area contributed by atoms with Crippen LogP contribution in [0.4, 0.5) is 5.69 Å². The number of primary amides is 1. The highest BCUT2D eigenvalue weighted by Gasteiger charge is 2.19. The zero-order chi connectivity index (χ0) is 18.8. The van der Waals surface area contributed by atoms with Crippen molar-refractivity contribution < 1.29 is 9.59 Å². The van der Waals surface area contributed by atoms with E-state index < -0.39 is 11.8 Å². The van der Waals surface area contributed by atoms with Gasteiger partial charge in [0.15, 0.2) is 5.69 Å². The number of nitrogens with zero attached hydrogens (tertiary/aromatic N) is 3. The molecule has 0 atom stereocenters. The largest absolute Gasteiger partial charge is 0.366 e. The summed E-state index contributed by atoms with van der Waals surface area (Å²) in [4.78, 5) is 25.6. The molecule has 0 saturated carbocycles. The van der Waals surface area contributed by atoms with Gasteiger partial charge < -0.3 is 11.1 Å². The lowest BCUT2D eigenvalue weighted by Crippen LogP contribution is -2.20. The standard InChI is InChI=1S/C18H16ClN5O2/c1-10-5-3-8-14(15(10)17(20)25)21-18(26)16-11(2)22-24(23-16)13-7-4-6-12(19)9-13/h3-9H,1-2H3,(H2,20,25)(H,21,26). The zero-order valence-electron chi connectivity index (χ0n) is 14.2. The number of nitrogens with one attached hydrogen (secondary N) is 1. The molecule has 0 aliphatic carbocycles. The van der Waals surface area contributed by atoms with Crippen LogP contribution in [0.2, 0.25) is 5.02 Å². The van der Waals surface area contributed by atoms with E-state index in [0.717, 1.165) is 0 Å². The van der Waals surface area contributed by atoms with Crippen molar-refractivity contribution in [3.8, 4) is 5.69 Å². The third-order valence-corrected chi connectivity index (χ3v) is 4.04. The summed E-state index contributed by atoms with van der Waals surface area (Å²) in [7, 11) is 0. The molecule has 8 heteroatoms. The summed E-state index contributed by atoms with van der Waals surface area (Å²) < 4.78 is 0. The molecule has 26 heavy (non-hydrogen) atoms. The molecule has 0 aliphatic heterocycles. The van der Waals surface area contributed by atoms with E-state index in [1.54, 1.807) is 56.3 Å². The smallest absolute Gasteiger partial charge is 0.278 e. The predicted octanol–water partition coefficient (Wildman–Crippen LogP) is 2.89. The number of amides is 2. The molecule has 0 fully saturated rings. The Morgan fingerprint density at radius 1 is 1.12 bits per heavy atom. The molecule has 3 aromatic rings. The quantitative estimate of drug-likeness (QED) is 0.737. The SMILES string of the molecule is Cc1cccc(NC(=O)c2nn(-c3cccc(Cl)c3)nc2C)c1C(N)=O. The number of carbonyl (C=O) groups is 2. The van der Waals surface area contributed by atoms with Crippen LogP contribution in [0.1, 0.15) is 32.1 Å². The molecule has 0 unspecified atom stereocenters. The second-order valence-corrected chi connectivity index (χ2v) is 6.16. The van der Waals surface area contributed by atoms with Gasteiger partial charge in [-0.25, -0.2) is 0 Å². The minimum Gasteiger partial charge on any atom is -0.366 e. The lowest BCUT2D eigenvalue weighted by molar-refractivity contribution is 0.100. The first kappa shape index (κ1) is 17.6. The molecule has 0 bridgehead atoms. The Kier molecular flexibility index (Phi) is 4.73. The van der Waals surface area contributed by atoms with E-state index in [2.05, 4.69) is 15.5 Å². The Bertz CT molecular complexity index is 1010. The number of aromatic nitrogens is 3. The highest BCUT2D eigenvalue weighted by Crippen LogP contribution is 2.20. The molecule has 0 spiro atoms. The fourth-order valence-electron chi connectivity index (χ4n) is 2.59. The number of hydrogen-bond donors (Lipinski definition) is 2. The van der Waals surface area contributed by atoms with Crippen LogP contribution in [0.5, 0.6) is 0 Å². The monoisotopic (exact) mass is 369 g/mol. The molecule has 3 N–H and O–H groups in total. The maximum atomic E-state index is 12.6. The van der Waals surface area contributed by atoms with Gasteiger partial charge >= 0.3 is 0 Å². The number of benzene rings is 2. The van der Waals surface area contributed by atoms with Crippen molar-refractivity contribution in [2.24, 2.45) is 5.73 Å². The van der Waals surface area contributed by atoms with Crippen molar-refractivity contribution in [3.63, 3.8) is 0 Å². The number of anilines is 1. The average Bonchev–Trinajstić information content (AvgIpc) is 2.96. The van der Waals surface area contributed by atoms with Gasteiger partial charge in [0.2, 0.25) is 0 Å². The summed E-state index contributed by atoms with van der Waals surface area (Å²) in [6, 6.07) is 12.1. The molecule has 0 saturated heterocycles. The summed E-state index contributed by atoms with van der Waals surface area (Å²) in [5.74, 6) is -1.10. The first-order chi connectivity index (χ1) is 12.4. The van der Waals surface area contributed by atoms with Crippen molar-refractivity contribution in [2.45, 2.75) is 13.8 Å². The normalized spacial score (nSPS) is 10.6. The van der Waals surface area contributed by atoms with Crippen molar-refractivity contribution in [1.29, 1.82) is 0 Å². The van der Waals surface area contributed by atoms with Gasteiger partial charge in [-0.15, -0.1) is 5.10 Å². The van der Waals surface area contributed by atoms with E-state index in [9.17, 15) is 9.59 Å². The minimum absolute atomic E-state index is 0.141. The molecule has 0 radical (unpaired) electrons. The van der Waals surface area contributed by atoms with Gasteiger partial charge in [0.25, 0.3) is 11.8 Å². The van der Waals surface area contributed by atoms with Crippen LogP contribution in [0.25, 0.3) is 5.69 Å². The average molecular weight is 370 g/mol. The van der Waals surface area contributed by atoms with Crippen LogP contribution in [0.15, 0.2) is 42.5 Å². The third kappa shape index (κ3) is 3.43. The van der Waals surface area contributed by atoms with Gasteiger partial charge in [-0.1, -0.05) is 29.8 Å². The molecule has 2 amide bonds. The Morgan fingerprint density at radius 3 is 2.54 bits per heavy atom. The van der Waals surface area contributed by atoms with Crippen molar-refractivity contribution in [3.05, 3.63) is 70.0 Å². The van der Waals surface area contributed by atoms with Crippen LogP contribution in [0.3, 0.4) is 0 Å². The van der Waals surface area contributed by atoms with Crippen LogP contribution < -0.4 is 11.1 Å². The number of carbonyl (C=O) groups excluding carboxylic acids is 2. The second-order valence-electron chi connectivity index (χ2n) is 5.72. The molecular formula is C18H16ClN5O2. The number of halogens is 1. The maximum absolute atomic E-state index is 12.6. The van der Waals surface area contributed by atoms with Crippen molar-refractivity contribution in [1.82, 2.24) is 15.0 Å². The number of hydrogen-bond acceptors (Lipinski definition) is 4. The maximum Gasteiger partial charge on any atom is 0.278 e. The van der Waals surface area contributed by atoms with E-state index in [4.69, 9.17) is 17.3 Å². The Balaban J connectivity index is 1.93. The molecule has 0 aliphatic rings. The van der Waals surface area contributed by atoms with Crippen LogP contribution in [-0.2, 0) is 0 Å². The summed E-state index contributed by atoms with van der Waals surface area (Å²) in [5, 5.41) is 11.7. The van der Waals surface area contributed by atoms with Gasteiger partial charge in [0.05, 0.1) is 22.6 Å². The predicted molar refractivity (Wildman–Crippen MR) is 98.8 cm³/mol. The van der Waals surface area contributed by atoms with Crippen molar-refractivity contribution in [2.75, 3.05) is 5.32 Å². The first-order valence-corrected chi connectivity index (χ1v) is 8.15. The fourth-order valence-corrected chi connectivity index (χ4v) is 2.77. The summed E-state index contributed by atoms with van der Waals surface area (Å²) >= 11 is 5.98. The molecule has 2 aromatic carbocycles. The second kappa shape index (κ2) is 6.97. The third-order valence-electron chi connectivity index (χ3n) is 3.80. The van der Waals surface area contributed by atoms with E-state index in [0.29, 0.717) is 27.7 Å². The first-order valence-electron chi connectivity index (χ1n) is 7.77. The van der Waals surface area contributed by atoms with Crippen LogP contribution in [-0.4, -0.2) is 26.8 Å².